The second kappa shape index (κ2) is 6.82. The van der Waals surface area contributed by atoms with Crippen LogP contribution in [0.5, 0.6) is 0 Å². The third-order valence-electron chi connectivity index (χ3n) is 2.69. The lowest BCUT2D eigenvalue weighted by Crippen LogP contribution is -2.29. The lowest BCUT2D eigenvalue weighted by atomic mass is 10.2. The first kappa shape index (κ1) is 16.3. The molecule has 0 saturated carbocycles. The first-order chi connectivity index (χ1) is 10.8. The Morgan fingerprint density at radius 1 is 0.696 bits per heavy atom. The van der Waals surface area contributed by atoms with E-state index in [1.54, 1.807) is 35.6 Å². The number of para-hydroxylation sites is 1. The van der Waals surface area contributed by atoms with Crippen molar-refractivity contribution in [1.82, 2.24) is 0 Å². The number of benzene rings is 2. The van der Waals surface area contributed by atoms with Crippen LogP contribution in [0, 0.1) is 0 Å². The number of hydrogen-bond acceptors (Lipinski definition) is 2. The zero-order valence-electron chi connectivity index (χ0n) is 11.6. The van der Waals surface area contributed by atoms with Crippen LogP contribution in [-0.2, 0) is 4.79 Å². The number of alkyl halides is 3. The van der Waals surface area contributed by atoms with Gasteiger partial charge >= 0.3 is 18.1 Å². The molecule has 3 N–H and O–H groups in total. The number of hydrogen-bond donors (Lipinski definition) is 3. The van der Waals surface area contributed by atoms with Crippen molar-refractivity contribution in [1.29, 1.82) is 0 Å². The molecule has 3 amide bonds. The molecule has 23 heavy (non-hydrogen) atoms. The molecule has 0 radical (unpaired) electrons. The molecule has 2 rings (SSSR count). The number of carbonyl (C=O) groups excluding carboxylic acids is 2. The molecule has 5 nitrogen and oxygen atoms in total. The van der Waals surface area contributed by atoms with Crippen molar-refractivity contribution in [2.24, 2.45) is 0 Å². The van der Waals surface area contributed by atoms with Gasteiger partial charge < -0.3 is 16.0 Å². The van der Waals surface area contributed by atoms with Crippen LogP contribution in [0.2, 0.25) is 0 Å². The Morgan fingerprint density at radius 2 is 1.13 bits per heavy atom. The summed E-state index contributed by atoms with van der Waals surface area (Å²) in [5.74, 6) is -2.06. The molecular formula is C15H12F3N3O2. The fraction of sp³-hybridized carbons (Fsp3) is 0.0667. The normalized spacial score (nSPS) is 10.7. The van der Waals surface area contributed by atoms with E-state index in [4.69, 9.17) is 0 Å². The van der Waals surface area contributed by atoms with Gasteiger partial charge in [-0.05, 0) is 36.4 Å². The number of amides is 3. The van der Waals surface area contributed by atoms with Crippen LogP contribution in [0.25, 0.3) is 0 Å². The molecule has 0 saturated heterocycles. The van der Waals surface area contributed by atoms with Gasteiger partial charge in [0.05, 0.1) is 0 Å². The average Bonchev–Trinajstić information content (AvgIpc) is 2.49. The fourth-order valence-electron chi connectivity index (χ4n) is 1.65. The summed E-state index contributed by atoms with van der Waals surface area (Å²) >= 11 is 0. The molecule has 0 aromatic heterocycles. The van der Waals surface area contributed by atoms with E-state index < -0.39 is 18.1 Å². The molecule has 0 aliphatic rings. The van der Waals surface area contributed by atoms with Crippen molar-refractivity contribution in [2.75, 3.05) is 16.0 Å². The predicted molar refractivity (Wildman–Crippen MR) is 80.2 cm³/mol. The van der Waals surface area contributed by atoms with Crippen LogP contribution in [0.1, 0.15) is 0 Å². The summed E-state index contributed by atoms with van der Waals surface area (Å²) in [6.07, 6.45) is -4.95. The lowest BCUT2D eigenvalue weighted by molar-refractivity contribution is -0.167. The summed E-state index contributed by atoms with van der Waals surface area (Å²) in [6.45, 7) is 0. The summed E-state index contributed by atoms with van der Waals surface area (Å²) in [6, 6.07) is 13.5. The number of nitrogens with one attached hydrogen (secondary N) is 3. The molecule has 120 valence electrons. The van der Waals surface area contributed by atoms with Crippen molar-refractivity contribution in [3.05, 3.63) is 54.6 Å². The van der Waals surface area contributed by atoms with Gasteiger partial charge in [-0.3, -0.25) is 4.79 Å². The third-order valence-corrected chi connectivity index (χ3v) is 2.69. The van der Waals surface area contributed by atoms with Crippen molar-refractivity contribution in [3.63, 3.8) is 0 Å². The van der Waals surface area contributed by atoms with Crippen LogP contribution in [0.3, 0.4) is 0 Å². The maximum atomic E-state index is 12.1. The van der Waals surface area contributed by atoms with Gasteiger partial charge in [-0.2, -0.15) is 13.2 Å². The molecular weight excluding hydrogens is 311 g/mol. The van der Waals surface area contributed by atoms with E-state index in [-0.39, 0.29) is 5.69 Å². The topological polar surface area (TPSA) is 70.2 Å². The molecule has 0 fully saturated rings. The van der Waals surface area contributed by atoms with Crippen LogP contribution in [0.4, 0.5) is 35.0 Å². The van der Waals surface area contributed by atoms with Gasteiger partial charge in [0.2, 0.25) is 0 Å². The highest BCUT2D eigenvalue weighted by molar-refractivity contribution is 6.00. The van der Waals surface area contributed by atoms with E-state index in [0.29, 0.717) is 11.4 Å². The van der Waals surface area contributed by atoms with E-state index in [2.05, 4.69) is 10.6 Å². The van der Waals surface area contributed by atoms with Gasteiger partial charge in [0.1, 0.15) is 0 Å². The van der Waals surface area contributed by atoms with Gasteiger partial charge in [-0.25, -0.2) is 4.79 Å². The van der Waals surface area contributed by atoms with Crippen molar-refractivity contribution >= 4 is 29.0 Å². The summed E-state index contributed by atoms with van der Waals surface area (Å²) in [5, 5.41) is 6.81. The van der Waals surface area contributed by atoms with Crippen molar-refractivity contribution in [3.8, 4) is 0 Å². The zero-order chi connectivity index (χ0) is 16.9. The van der Waals surface area contributed by atoms with Gasteiger partial charge in [0.25, 0.3) is 0 Å². The minimum Gasteiger partial charge on any atom is -0.318 e. The number of rotatable bonds is 3. The second-order valence-corrected chi connectivity index (χ2v) is 4.47. The minimum atomic E-state index is -4.95. The maximum Gasteiger partial charge on any atom is 0.471 e. The summed E-state index contributed by atoms with van der Waals surface area (Å²) < 4.78 is 36.3. The molecule has 0 aliphatic heterocycles. The van der Waals surface area contributed by atoms with Crippen LogP contribution in [-0.4, -0.2) is 18.1 Å². The summed E-state index contributed by atoms with van der Waals surface area (Å²) in [5.41, 5.74) is 0.934. The highest BCUT2D eigenvalue weighted by Gasteiger charge is 2.38. The zero-order valence-corrected chi connectivity index (χ0v) is 11.6. The Balaban J connectivity index is 1.92. The molecule has 0 aliphatic carbocycles. The van der Waals surface area contributed by atoms with Gasteiger partial charge in [0.15, 0.2) is 0 Å². The molecule has 2 aromatic rings. The molecule has 0 spiro atoms. The maximum absolute atomic E-state index is 12.1. The summed E-state index contributed by atoms with van der Waals surface area (Å²) in [7, 11) is 0. The van der Waals surface area contributed by atoms with Gasteiger partial charge in [-0.1, -0.05) is 18.2 Å². The predicted octanol–water partition coefficient (Wildman–Crippen LogP) is 3.83. The third kappa shape index (κ3) is 5.03. The van der Waals surface area contributed by atoms with Crippen LogP contribution in [0.15, 0.2) is 54.6 Å². The van der Waals surface area contributed by atoms with Gasteiger partial charge in [0, 0.05) is 17.1 Å². The minimum absolute atomic E-state index is 0.0265. The highest BCUT2D eigenvalue weighted by atomic mass is 19.4. The largest absolute Gasteiger partial charge is 0.471 e. The molecule has 2 aromatic carbocycles. The summed E-state index contributed by atoms with van der Waals surface area (Å²) in [4.78, 5) is 22.5. The van der Waals surface area contributed by atoms with Crippen molar-refractivity contribution in [2.45, 2.75) is 6.18 Å². The quantitative estimate of drug-likeness (QED) is 0.803. The standard InChI is InChI=1S/C15H12F3N3O2/c16-15(17,18)13(22)19-11-6-8-12(9-7-11)21-14(23)20-10-4-2-1-3-5-10/h1-9H,(H,19,22)(H2,20,21,23). The fourth-order valence-corrected chi connectivity index (χ4v) is 1.65. The Bertz CT molecular complexity index is 685. The average molecular weight is 323 g/mol. The van der Waals surface area contributed by atoms with Crippen molar-refractivity contribution < 1.29 is 22.8 Å². The Morgan fingerprint density at radius 3 is 1.61 bits per heavy atom. The number of urea groups is 1. The van der Waals surface area contributed by atoms with E-state index in [1.165, 1.54) is 24.3 Å². The van der Waals surface area contributed by atoms with E-state index >= 15 is 0 Å². The van der Waals surface area contributed by atoms with Crippen LogP contribution >= 0.6 is 0 Å². The first-order valence-corrected chi connectivity index (χ1v) is 6.46. The molecule has 0 bridgehead atoms. The second-order valence-electron chi connectivity index (χ2n) is 4.47. The number of halogens is 3. The monoisotopic (exact) mass is 323 g/mol. The van der Waals surface area contributed by atoms with E-state index in [0.717, 1.165) is 0 Å². The van der Waals surface area contributed by atoms with Gasteiger partial charge in [-0.15, -0.1) is 0 Å². The number of carbonyl (C=O) groups is 2. The number of anilines is 3. The lowest BCUT2D eigenvalue weighted by Gasteiger charge is -2.10. The first-order valence-electron chi connectivity index (χ1n) is 6.46. The Kier molecular flexibility index (Phi) is 4.85. The Hall–Kier alpha value is -3.03. The molecule has 0 unspecified atom stereocenters. The van der Waals surface area contributed by atoms with E-state index in [9.17, 15) is 22.8 Å². The SMILES string of the molecule is O=C(Nc1ccccc1)Nc1ccc(NC(=O)C(F)(F)F)cc1. The molecule has 8 heteroatoms. The molecule has 0 heterocycles. The van der Waals surface area contributed by atoms with E-state index in [1.807, 2.05) is 0 Å². The molecule has 0 atom stereocenters. The highest BCUT2D eigenvalue weighted by Crippen LogP contribution is 2.19. The smallest absolute Gasteiger partial charge is 0.318 e. The Labute approximate surface area is 129 Å². The van der Waals surface area contributed by atoms with Crippen LogP contribution < -0.4 is 16.0 Å².